The molecule has 9 heteroatoms. The number of nitrogens with zero attached hydrogens (tertiary/aromatic N) is 1. The molecule has 0 aliphatic heterocycles. The molecule has 0 unspecified atom stereocenters. The Morgan fingerprint density at radius 3 is 2.42 bits per heavy atom. The first-order chi connectivity index (χ1) is 14.4. The van der Waals surface area contributed by atoms with Crippen molar-refractivity contribution < 1.29 is 19.1 Å². The van der Waals surface area contributed by atoms with Gasteiger partial charge in [0.15, 0.2) is 5.96 Å². The van der Waals surface area contributed by atoms with Crippen molar-refractivity contribution in [1.82, 2.24) is 16.0 Å². The highest BCUT2D eigenvalue weighted by Gasteiger charge is 2.24. The van der Waals surface area contributed by atoms with Gasteiger partial charge in [0.1, 0.15) is 18.0 Å². The highest BCUT2D eigenvalue weighted by Crippen LogP contribution is 2.17. The Labute approximate surface area is 185 Å². The fourth-order valence-corrected chi connectivity index (χ4v) is 2.44. The third-order valence-corrected chi connectivity index (χ3v) is 3.63. The van der Waals surface area contributed by atoms with Crippen molar-refractivity contribution in [3.63, 3.8) is 0 Å². The van der Waals surface area contributed by atoms with Crippen LogP contribution in [-0.2, 0) is 9.53 Å². The fourth-order valence-electron chi connectivity index (χ4n) is 2.44. The predicted octanol–water partition coefficient (Wildman–Crippen LogP) is 2.88. The Hall–Kier alpha value is -2.97. The lowest BCUT2D eigenvalue weighted by atomic mass is 10.1. The van der Waals surface area contributed by atoms with Gasteiger partial charge in [-0.05, 0) is 53.7 Å². The topological polar surface area (TPSA) is 113 Å². The number of anilines is 1. The van der Waals surface area contributed by atoms with Crippen LogP contribution < -0.4 is 26.0 Å². The van der Waals surface area contributed by atoms with Crippen LogP contribution in [0.2, 0.25) is 0 Å². The number of amides is 2. The second-order valence-corrected chi connectivity index (χ2v) is 8.69. The quantitative estimate of drug-likeness (QED) is 0.269. The smallest absolute Gasteiger partial charge is 0.408 e. The minimum Gasteiger partial charge on any atom is -0.492 e. The number of rotatable bonds is 9. The van der Waals surface area contributed by atoms with Gasteiger partial charge in [0.25, 0.3) is 0 Å². The van der Waals surface area contributed by atoms with Gasteiger partial charge in [-0.3, -0.25) is 9.79 Å². The molecule has 0 saturated heterocycles. The lowest BCUT2D eigenvalue weighted by Crippen LogP contribution is -2.49. The Morgan fingerprint density at radius 1 is 1.10 bits per heavy atom. The number of aliphatic imine (C=N–C) groups is 1. The maximum atomic E-state index is 12.0. The van der Waals surface area contributed by atoms with E-state index in [1.54, 1.807) is 12.1 Å². The van der Waals surface area contributed by atoms with E-state index in [0.717, 1.165) is 0 Å². The zero-order valence-electron chi connectivity index (χ0n) is 19.7. The van der Waals surface area contributed by atoms with Crippen LogP contribution >= 0.6 is 0 Å². The van der Waals surface area contributed by atoms with Crippen molar-refractivity contribution in [3.05, 3.63) is 24.3 Å². The molecule has 0 radical (unpaired) electrons. The molecule has 31 heavy (non-hydrogen) atoms. The molecule has 0 saturated carbocycles. The van der Waals surface area contributed by atoms with E-state index in [1.807, 2.05) is 53.7 Å². The highest BCUT2D eigenvalue weighted by atomic mass is 16.6. The van der Waals surface area contributed by atoms with Crippen LogP contribution in [0.5, 0.6) is 5.75 Å². The van der Waals surface area contributed by atoms with E-state index in [9.17, 15) is 9.59 Å². The summed E-state index contributed by atoms with van der Waals surface area (Å²) in [6.45, 7) is 14.7. The monoisotopic (exact) mass is 435 g/mol. The van der Waals surface area contributed by atoms with Crippen molar-refractivity contribution in [2.75, 3.05) is 31.6 Å². The normalized spacial score (nSPS) is 12.0. The van der Waals surface area contributed by atoms with E-state index in [0.29, 0.717) is 43.6 Å². The average Bonchev–Trinajstić information content (AvgIpc) is 2.60. The number of benzene rings is 1. The summed E-state index contributed by atoms with van der Waals surface area (Å²) >= 11 is 0. The van der Waals surface area contributed by atoms with Crippen molar-refractivity contribution in [1.29, 1.82) is 0 Å². The second kappa shape index (κ2) is 12.0. The predicted molar refractivity (Wildman–Crippen MR) is 124 cm³/mol. The first-order valence-corrected chi connectivity index (χ1v) is 10.4. The number of carbonyl (C=O) groups is 2. The van der Waals surface area contributed by atoms with Crippen molar-refractivity contribution >= 4 is 23.6 Å². The van der Waals surface area contributed by atoms with Gasteiger partial charge in [-0.25, -0.2) is 4.79 Å². The van der Waals surface area contributed by atoms with Gasteiger partial charge >= 0.3 is 6.09 Å². The minimum absolute atomic E-state index is 0.130. The van der Waals surface area contributed by atoms with E-state index in [1.165, 1.54) is 6.92 Å². The van der Waals surface area contributed by atoms with Gasteiger partial charge in [-0.1, -0.05) is 6.07 Å². The molecule has 174 valence electrons. The summed E-state index contributed by atoms with van der Waals surface area (Å²) in [6.07, 6.45) is -0.472. The number of ether oxygens (including phenoxy) is 2. The summed E-state index contributed by atoms with van der Waals surface area (Å²) in [5, 5.41) is 11.9. The van der Waals surface area contributed by atoms with Crippen LogP contribution in [0.25, 0.3) is 0 Å². The standard InChI is InChI=1S/C22H37N5O4/c1-8-23-19(25-15-22(6,7)27-20(29)31-21(3,4)5)24-12-13-30-18-11-9-10-17(14-18)26-16(2)28/h9-11,14H,8,12-13,15H2,1-7H3,(H,26,28)(H,27,29)(H2,23,24,25). The average molecular weight is 436 g/mol. The number of nitrogens with one attached hydrogen (secondary N) is 4. The van der Waals surface area contributed by atoms with E-state index < -0.39 is 17.2 Å². The molecule has 0 aliphatic carbocycles. The summed E-state index contributed by atoms with van der Waals surface area (Å²) in [5.74, 6) is 1.16. The Balaban J connectivity index is 2.53. The molecule has 0 atom stereocenters. The molecular weight excluding hydrogens is 398 g/mol. The van der Waals surface area contributed by atoms with Crippen molar-refractivity contribution in [3.8, 4) is 5.75 Å². The van der Waals surface area contributed by atoms with Crippen LogP contribution in [0.3, 0.4) is 0 Å². The van der Waals surface area contributed by atoms with Gasteiger partial charge in [0.2, 0.25) is 5.91 Å². The minimum atomic E-state index is -0.578. The van der Waals surface area contributed by atoms with Crippen LogP contribution in [0.15, 0.2) is 29.3 Å². The molecule has 0 heterocycles. The summed E-state index contributed by atoms with van der Waals surface area (Å²) in [7, 11) is 0. The van der Waals surface area contributed by atoms with Crippen molar-refractivity contribution in [2.45, 2.75) is 59.6 Å². The summed E-state index contributed by atoms with van der Waals surface area (Å²) < 4.78 is 11.0. The number of hydrogen-bond donors (Lipinski definition) is 4. The van der Waals surface area contributed by atoms with E-state index in [4.69, 9.17) is 9.47 Å². The van der Waals surface area contributed by atoms with Gasteiger partial charge in [0.05, 0.1) is 18.6 Å². The molecule has 0 aromatic heterocycles. The molecular formula is C22H37N5O4. The van der Waals surface area contributed by atoms with Crippen LogP contribution in [0, 0.1) is 0 Å². The third kappa shape index (κ3) is 12.3. The molecule has 0 spiro atoms. The van der Waals surface area contributed by atoms with Gasteiger partial charge < -0.3 is 30.7 Å². The number of hydrogen-bond acceptors (Lipinski definition) is 5. The Morgan fingerprint density at radius 2 is 1.81 bits per heavy atom. The van der Waals surface area contributed by atoms with Crippen LogP contribution in [-0.4, -0.2) is 55.3 Å². The first-order valence-electron chi connectivity index (χ1n) is 10.4. The molecule has 1 aromatic rings. The van der Waals surface area contributed by atoms with Gasteiger partial charge in [-0.2, -0.15) is 0 Å². The zero-order chi connectivity index (χ0) is 23.5. The molecule has 9 nitrogen and oxygen atoms in total. The number of carbonyl (C=O) groups excluding carboxylic acids is 2. The Kier molecular flexibility index (Phi) is 10.1. The summed E-state index contributed by atoms with van der Waals surface area (Å²) in [6, 6.07) is 7.22. The summed E-state index contributed by atoms with van der Waals surface area (Å²) in [5.41, 5.74) is -0.444. The first kappa shape index (κ1) is 26.1. The molecule has 0 fully saturated rings. The van der Waals surface area contributed by atoms with Crippen LogP contribution in [0.1, 0.15) is 48.5 Å². The Bertz CT molecular complexity index is 757. The largest absolute Gasteiger partial charge is 0.492 e. The van der Waals surface area contributed by atoms with Crippen molar-refractivity contribution in [2.24, 2.45) is 4.99 Å². The summed E-state index contributed by atoms with van der Waals surface area (Å²) in [4.78, 5) is 27.7. The van der Waals surface area contributed by atoms with Gasteiger partial charge in [-0.15, -0.1) is 0 Å². The number of guanidine groups is 1. The van der Waals surface area contributed by atoms with E-state index >= 15 is 0 Å². The fraction of sp³-hybridized carbons (Fsp3) is 0.591. The van der Waals surface area contributed by atoms with E-state index in [-0.39, 0.29) is 5.91 Å². The van der Waals surface area contributed by atoms with Crippen LogP contribution in [0.4, 0.5) is 10.5 Å². The molecule has 2 amide bonds. The SMILES string of the molecule is CCNC(=NCC(C)(C)NC(=O)OC(C)(C)C)NCCOc1cccc(NC(C)=O)c1. The lowest BCUT2D eigenvalue weighted by Gasteiger charge is -2.27. The number of alkyl carbamates (subject to hydrolysis) is 1. The maximum Gasteiger partial charge on any atom is 0.408 e. The maximum absolute atomic E-state index is 12.0. The highest BCUT2D eigenvalue weighted by molar-refractivity contribution is 5.88. The molecule has 0 bridgehead atoms. The molecule has 0 aliphatic rings. The van der Waals surface area contributed by atoms with E-state index in [2.05, 4.69) is 26.3 Å². The molecule has 4 N–H and O–H groups in total. The molecule has 1 aromatic carbocycles. The molecule has 1 rings (SSSR count). The zero-order valence-corrected chi connectivity index (χ0v) is 19.7. The third-order valence-electron chi connectivity index (χ3n) is 3.63. The van der Waals surface area contributed by atoms with Gasteiger partial charge in [0, 0.05) is 25.2 Å². The second-order valence-electron chi connectivity index (χ2n) is 8.69. The lowest BCUT2D eigenvalue weighted by molar-refractivity contribution is -0.114.